The van der Waals surface area contributed by atoms with Gasteiger partial charge in [-0.3, -0.25) is 14.5 Å². The molecule has 2 amide bonds. The minimum Gasteiger partial charge on any atom is -0.493 e. The van der Waals surface area contributed by atoms with Crippen LogP contribution in [-0.2, 0) is 4.79 Å². The zero-order valence-electron chi connectivity index (χ0n) is 14.2. The first-order valence-electron chi connectivity index (χ1n) is 7.64. The van der Waals surface area contributed by atoms with Crippen LogP contribution in [0.15, 0.2) is 17.0 Å². The molecule has 1 aliphatic rings. The predicted molar refractivity (Wildman–Crippen MR) is 108 cm³/mol. The normalized spacial score (nSPS) is 16.9. The van der Waals surface area contributed by atoms with E-state index < -0.39 is 0 Å². The summed E-state index contributed by atoms with van der Waals surface area (Å²) in [6, 6.07) is 3.67. The molecule has 0 saturated carbocycles. The average molecular weight is 471 g/mol. The van der Waals surface area contributed by atoms with E-state index >= 15 is 0 Å². The van der Waals surface area contributed by atoms with Crippen molar-refractivity contribution in [3.05, 3.63) is 26.2 Å². The zero-order valence-corrected chi connectivity index (χ0v) is 17.1. The minimum absolute atomic E-state index is 0.0233. The molecule has 7 heteroatoms. The number of halogens is 1. The van der Waals surface area contributed by atoms with E-state index in [1.54, 1.807) is 19.3 Å². The quantitative estimate of drug-likeness (QED) is 0.355. The van der Waals surface area contributed by atoms with Gasteiger partial charge in [0.15, 0.2) is 11.5 Å². The molecule has 0 aromatic heterocycles. The smallest absolute Gasteiger partial charge is 0.294 e. The Morgan fingerprint density at radius 2 is 2.16 bits per heavy atom. The van der Waals surface area contributed by atoms with Crippen LogP contribution in [0.5, 0.6) is 11.5 Å². The summed E-state index contributed by atoms with van der Waals surface area (Å²) in [7, 11) is 1.57. The number of ether oxygens (including phenoxy) is 2. The second-order valence-corrected chi connectivity index (χ2v) is 7.50. The molecular formula is C18H18INO4S. The molecule has 0 radical (unpaired) electrons. The molecule has 5 nitrogen and oxygen atoms in total. The van der Waals surface area contributed by atoms with Crippen molar-refractivity contribution >= 4 is 51.6 Å². The SMILES string of the molecule is C#CCN1C(=O)S/C(=C\c2cc(I)c(O[C@@H](C)CC)c(OC)c2)C1=O. The van der Waals surface area contributed by atoms with Gasteiger partial charge in [-0.1, -0.05) is 12.8 Å². The third-order valence-electron chi connectivity index (χ3n) is 3.57. The lowest BCUT2D eigenvalue weighted by molar-refractivity contribution is -0.122. The van der Waals surface area contributed by atoms with Crippen molar-refractivity contribution in [3.63, 3.8) is 0 Å². The number of carbonyl (C=O) groups is 2. The van der Waals surface area contributed by atoms with E-state index in [1.165, 1.54) is 0 Å². The summed E-state index contributed by atoms with van der Waals surface area (Å²) in [5, 5.41) is -0.354. The number of nitrogens with zero attached hydrogens (tertiary/aromatic N) is 1. The van der Waals surface area contributed by atoms with Gasteiger partial charge in [0.25, 0.3) is 11.1 Å². The van der Waals surface area contributed by atoms with Gasteiger partial charge in [0.1, 0.15) is 0 Å². The molecule has 25 heavy (non-hydrogen) atoms. The first-order valence-corrected chi connectivity index (χ1v) is 9.53. The van der Waals surface area contributed by atoms with Crippen LogP contribution in [0.4, 0.5) is 4.79 Å². The summed E-state index contributed by atoms with van der Waals surface area (Å²) in [4.78, 5) is 25.5. The molecule has 0 aliphatic carbocycles. The first kappa shape index (κ1) is 19.7. The maximum atomic E-state index is 12.3. The second kappa shape index (κ2) is 8.63. The number of benzene rings is 1. The number of hydrogen-bond donors (Lipinski definition) is 0. The number of thioether (sulfide) groups is 1. The Labute approximate surface area is 165 Å². The first-order chi connectivity index (χ1) is 11.9. The minimum atomic E-state index is -0.373. The fourth-order valence-electron chi connectivity index (χ4n) is 2.10. The molecule has 1 atom stereocenters. The van der Waals surface area contributed by atoms with Gasteiger partial charge < -0.3 is 9.47 Å². The van der Waals surface area contributed by atoms with E-state index in [0.717, 1.165) is 32.2 Å². The molecule has 0 N–H and O–H groups in total. The fourth-order valence-corrected chi connectivity index (χ4v) is 3.69. The van der Waals surface area contributed by atoms with E-state index in [2.05, 4.69) is 28.5 Å². The Kier molecular flexibility index (Phi) is 6.79. The Bertz CT molecular complexity index is 769. The monoisotopic (exact) mass is 471 g/mol. The van der Waals surface area contributed by atoms with Gasteiger partial charge in [0, 0.05) is 0 Å². The highest BCUT2D eigenvalue weighted by Crippen LogP contribution is 2.37. The standard InChI is InChI=1S/C18H18INO4S/c1-5-7-20-17(21)15(25-18(20)22)10-12-8-13(19)16(14(9-12)23-4)24-11(3)6-2/h1,8-11H,6-7H2,2-4H3/b15-10-/t11-/m0/s1. The molecule has 0 bridgehead atoms. The van der Waals surface area contributed by atoms with Crippen molar-refractivity contribution in [1.82, 2.24) is 4.90 Å². The number of methoxy groups -OCH3 is 1. The zero-order chi connectivity index (χ0) is 18.6. The molecule has 1 heterocycles. The lowest BCUT2D eigenvalue weighted by Gasteiger charge is -2.17. The van der Waals surface area contributed by atoms with E-state index in [4.69, 9.17) is 15.9 Å². The lowest BCUT2D eigenvalue weighted by Crippen LogP contribution is -2.28. The maximum absolute atomic E-state index is 12.3. The Morgan fingerprint density at radius 3 is 2.76 bits per heavy atom. The van der Waals surface area contributed by atoms with Crippen LogP contribution in [0, 0.1) is 15.9 Å². The van der Waals surface area contributed by atoms with Crippen molar-refractivity contribution in [2.45, 2.75) is 26.4 Å². The Balaban J connectivity index is 2.35. The summed E-state index contributed by atoms with van der Waals surface area (Å²) < 4.78 is 12.2. The average Bonchev–Trinajstić information content (AvgIpc) is 2.84. The van der Waals surface area contributed by atoms with Crippen LogP contribution in [0.25, 0.3) is 6.08 Å². The molecule has 1 saturated heterocycles. The molecule has 0 unspecified atom stereocenters. The van der Waals surface area contributed by atoms with Crippen molar-refractivity contribution in [2.75, 3.05) is 13.7 Å². The molecular weight excluding hydrogens is 453 g/mol. The van der Waals surface area contributed by atoms with E-state index in [9.17, 15) is 9.59 Å². The maximum Gasteiger partial charge on any atom is 0.294 e. The molecule has 0 spiro atoms. The molecule has 1 aromatic carbocycles. The number of carbonyl (C=O) groups excluding carboxylic acids is 2. The van der Waals surface area contributed by atoms with Crippen LogP contribution < -0.4 is 9.47 Å². The summed E-state index contributed by atoms with van der Waals surface area (Å²) in [6.07, 6.45) is 7.81. The van der Waals surface area contributed by atoms with Gasteiger partial charge >= 0.3 is 0 Å². The highest BCUT2D eigenvalue weighted by atomic mass is 127. The Morgan fingerprint density at radius 1 is 1.44 bits per heavy atom. The van der Waals surface area contributed by atoms with Gasteiger partial charge in [-0.05, 0) is 71.5 Å². The van der Waals surface area contributed by atoms with Gasteiger partial charge in [-0.2, -0.15) is 0 Å². The summed E-state index contributed by atoms with van der Waals surface area (Å²) >= 11 is 3.05. The van der Waals surface area contributed by atoms with Crippen LogP contribution in [0.2, 0.25) is 0 Å². The molecule has 132 valence electrons. The van der Waals surface area contributed by atoms with Crippen LogP contribution >= 0.6 is 34.4 Å². The third-order valence-corrected chi connectivity index (χ3v) is 5.28. The topological polar surface area (TPSA) is 55.8 Å². The highest BCUT2D eigenvalue weighted by Gasteiger charge is 2.34. The van der Waals surface area contributed by atoms with Crippen molar-refractivity contribution in [1.29, 1.82) is 0 Å². The number of terminal acetylenes is 1. The molecule has 2 rings (SSSR count). The van der Waals surface area contributed by atoms with Crippen molar-refractivity contribution in [3.8, 4) is 23.8 Å². The third kappa shape index (κ3) is 4.50. The van der Waals surface area contributed by atoms with E-state index in [1.807, 2.05) is 19.9 Å². The Hall–Kier alpha value is -1.66. The number of hydrogen-bond acceptors (Lipinski definition) is 5. The van der Waals surface area contributed by atoms with E-state index in [-0.39, 0.29) is 23.8 Å². The van der Waals surface area contributed by atoms with Crippen molar-refractivity contribution in [2.24, 2.45) is 0 Å². The van der Waals surface area contributed by atoms with Crippen molar-refractivity contribution < 1.29 is 19.1 Å². The van der Waals surface area contributed by atoms with E-state index in [0.29, 0.717) is 16.4 Å². The van der Waals surface area contributed by atoms with Crippen LogP contribution in [0.3, 0.4) is 0 Å². The summed E-state index contributed by atoms with van der Waals surface area (Å²) in [5.74, 6) is 3.21. The molecule has 1 aromatic rings. The van der Waals surface area contributed by atoms with Gasteiger partial charge in [-0.25, -0.2) is 0 Å². The fraction of sp³-hybridized carbons (Fsp3) is 0.333. The van der Waals surface area contributed by atoms with Crippen LogP contribution in [-0.4, -0.2) is 35.8 Å². The van der Waals surface area contributed by atoms with Gasteiger partial charge in [-0.15, -0.1) is 6.42 Å². The predicted octanol–water partition coefficient (Wildman–Crippen LogP) is 4.15. The molecule has 1 fully saturated rings. The number of rotatable bonds is 6. The highest BCUT2D eigenvalue weighted by molar-refractivity contribution is 14.1. The summed E-state index contributed by atoms with van der Waals surface area (Å²) in [6.45, 7) is 4.01. The van der Waals surface area contributed by atoms with Gasteiger partial charge in [0.2, 0.25) is 0 Å². The largest absolute Gasteiger partial charge is 0.493 e. The number of imide groups is 1. The lowest BCUT2D eigenvalue weighted by atomic mass is 10.1. The number of amides is 2. The second-order valence-electron chi connectivity index (χ2n) is 5.34. The summed E-state index contributed by atoms with van der Waals surface area (Å²) in [5.41, 5.74) is 0.754. The molecule has 1 aliphatic heterocycles. The van der Waals surface area contributed by atoms with Crippen LogP contribution in [0.1, 0.15) is 25.8 Å². The van der Waals surface area contributed by atoms with Gasteiger partial charge in [0.05, 0.1) is 28.2 Å².